The van der Waals surface area contributed by atoms with E-state index in [9.17, 15) is 0 Å². The molecule has 0 aliphatic rings. The van der Waals surface area contributed by atoms with Crippen LogP contribution in [-0.4, -0.2) is 17.9 Å². The lowest BCUT2D eigenvalue weighted by atomic mass is 10.3. The van der Waals surface area contributed by atoms with Gasteiger partial charge in [-0.25, -0.2) is 0 Å². The zero-order valence-electron chi connectivity index (χ0n) is 12.8. The monoisotopic (exact) mass is 285 g/mol. The van der Waals surface area contributed by atoms with Gasteiger partial charge < -0.3 is 0 Å². The lowest BCUT2D eigenvalue weighted by Crippen LogP contribution is -2.23. The summed E-state index contributed by atoms with van der Waals surface area (Å²) in [5, 5.41) is 0. The molecule has 0 radical (unpaired) electrons. The molecule has 0 saturated heterocycles. The van der Waals surface area contributed by atoms with Crippen LogP contribution in [0.2, 0.25) is 0 Å². The third kappa shape index (κ3) is 5.10. The van der Waals surface area contributed by atoms with Crippen LogP contribution in [0.5, 0.6) is 5.75 Å². The van der Waals surface area contributed by atoms with Gasteiger partial charge in [-0.15, -0.1) is 0 Å². The van der Waals surface area contributed by atoms with Crippen LogP contribution in [0.1, 0.15) is 41.5 Å². The Hall–Kier alpha value is -0.630. The number of hydrogen-bond acceptors (Lipinski definition) is 3. The minimum Gasteiger partial charge on any atom is -0.286 e. The van der Waals surface area contributed by atoms with Crippen molar-refractivity contribution in [2.24, 2.45) is 0 Å². The maximum absolute atomic E-state index is 6.15. The van der Waals surface area contributed by atoms with Gasteiger partial charge in [0.2, 0.25) is 0 Å². The molecule has 0 aliphatic carbocycles. The molecule has 1 rings (SSSR count). The average Bonchev–Trinajstić information content (AvgIpc) is 2.27. The van der Waals surface area contributed by atoms with E-state index < -0.39 is 7.94 Å². The molecule has 0 aromatic heterocycles. The van der Waals surface area contributed by atoms with Crippen LogP contribution in [0, 0.1) is 0 Å². The number of benzene rings is 1. The molecule has 0 aliphatic heterocycles. The van der Waals surface area contributed by atoms with Crippen LogP contribution >= 0.6 is 7.94 Å². The standard InChI is InChI=1S/C15H26O3P/c1-12(2)16-19(14(5)6,17-13(3)4)18-15-10-8-7-9-11-15/h7-14H,1-6H3/q+1. The van der Waals surface area contributed by atoms with Crippen molar-refractivity contribution in [2.45, 2.75) is 59.4 Å². The summed E-state index contributed by atoms with van der Waals surface area (Å²) in [6.07, 6.45) is 0.136. The van der Waals surface area contributed by atoms with Gasteiger partial charge in [-0.05, 0) is 53.7 Å². The Morgan fingerprint density at radius 1 is 0.789 bits per heavy atom. The smallest absolute Gasteiger partial charge is 0.286 e. The molecule has 0 bridgehead atoms. The molecule has 0 amide bonds. The minimum atomic E-state index is -2.40. The van der Waals surface area contributed by atoms with E-state index in [1.54, 1.807) is 0 Å². The molecular weight excluding hydrogens is 259 g/mol. The van der Waals surface area contributed by atoms with Gasteiger partial charge >= 0.3 is 7.94 Å². The quantitative estimate of drug-likeness (QED) is 0.653. The van der Waals surface area contributed by atoms with Crippen LogP contribution < -0.4 is 4.52 Å². The van der Waals surface area contributed by atoms with Gasteiger partial charge in [0.25, 0.3) is 0 Å². The fraction of sp³-hybridized carbons (Fsp3) is 0.600. The van der Waals surface area contributed by atoms with Crippen molar-refractivity contribution >= 4 is 7.94 Å². The lowest BCUT2D eigenvalue weighted by Gasteiger charge is -2.28. The Morgan fingerprint density at radius 3 is 1.63 bits per heavy atom. The molecule has 0 saturated carbocycles. The first kappa shape index (κ1) is 16.4. The minimum absolute atomic E-state index is 0.0678. The Morgan fingerprint density at radius 2 is 1.26 bits per heavy atom. The summed E-state index contributed by atoms with van der Waals surface area (Å²) in [4.78, 5) is 0. The normalized spacial score (nSPS) is 12.5. The van der Waals surface area contributed by atoms with Crippen LogP contribution in [0.15, 0.2) is 30.3 Å². The fourth-order valence-corrected chi connectivity index (χ4v) is 4.06. The molecule has 19 heavy (non-hydrogen) atoms. The molecule has 0 unspecified atom stereocenters. The zero-order valence-corrected chi connectivity index (χ0v) is 13.7. The molecule has 0 heterocycles. The van der Waals surface area contributed by atoms with Crippen LogP contribution in [0.4, 0.5) is 0 Å². The molecule has 1 aromatic rings. The fourth-order valence-electron chi connectivity index (χ4n) is 1.63. The van der Waals surface area contributed by atoms with E-state index >= 15 is 0 Å². The molecule has 4 heteroatoms. The van der Waals surface area contributed by atoms with Gasteiger partial charge in [0.15, 0.2) is 11.4 Å². The summed E-state index contributed by atoms with van der Waals surface area (Å²) in [6, 6.07) is 9.74. The third-order valence-corrected chi connectivity index (χ3v) is 5.48. The molecule has 0 spiro atoms. The number of para-hydroxylation sites is 1. The summed E-state index contributed by atoms with van der Waals surface area (Å²) >= 11 is 0. The van der Waals surface area contributed by atoms with Gasteiger partial charge in [-0.1, -0.05) is 18.2 Å². The summed E-state index contributed by atoms with van der Waals surface area (Å²) in [7, 11) is -2.40. The largest absolute Gasteiger partial charge is 0.459 e. The highest BCUT2D eigenvalue weighted by molar-refractivity contribution is 7.62. The number of hydrogen-bond donors (Lipinski definition) is 0. The Labute approximate surface area is 117 Å². The van der Waals surface area contributed by atoms with Crippen molar-refractivity contribution in [1.82, 2.24) is 0 Å². The van der Waals surface area contributed by atoms with Gasteiger partial charge in [-0.2, -0.15) is 9.05 Å². The molecule has 108 valence electrons. The summed E-state index contributed by atoms with van der Waals surface area (Å²) in [6.45, 7) is 12.2. The Balaban J connectivity index is 3.00. The lowest BCUT2D eigenvalue weighted by molar-refractivity contribution is 0.118. The second-order valence-electron chi connectivity index (χ2n) is 5.35. The molecular formula is C15H26O3P+. The average molecular weight is 285 g/mol. The van der Waals surface area contributed by atoms with Crippen LogP contribution in [0.3, 0.4) is 0 Å². The highest BCUT2D eigenvalue weighted by Crippen LogP contribution is 2.66. The van der Waals surface area contributed by atoms with E-state index in [1.165, 1.54) is 0 Å². The van der Waals surface area contributed by atoms with Crippen LogP contribution in [0.25, 0.3) is 0 Å². The predicted octanol–water partition coefficient (Wildman–Crippen LogP) is 5.09. The second-order valence-corrected chi connectivity index (χ2v) is 8.06. The van der Waals surface area contributed by atoms with E-state index in [-0.39, 0.29) is 17.9 Å². The third-order valence-electron chi connectivity index (χ3n) is 2.32. The van der Waals surface area contributed by atoms with E-state index in [0.29, 0.717) is 0 Å². The maximum Gasteiger partial charge on any atom is 0.459 e. The van der Waals surface area contributed by atoms with Crippen molar-refractivity contribution in [2.75, 3.05) is 0 Å². The van der Waals surface area contributed by atoms with Crippen molar-refractivity contribution < 1.29 is 13.6 Å². The van der Waals surface area contributed by atoms with Gasteiger partial charge in [0, 0.05) is 0 Å². The van der Waals surface area contributed by atoms with Crippen molar-refractivity contribution in [3.63, 3.8) is 0 Å². The van der Waals surface area contributed by atoms with Gasteiger partial charge in [0.05, 0.1) is 0 Å². The summed E-state index contributed by atoms with van der Waals surface area (Å²) in [5.74, 6) is 0.797. The van der Waals surface area contributed by atoms with Gasteiger partial charge in [0.1, 0.15) is 12.2 Å². The predicted molar refractivity (Wildman–Crippen MR) is 81.6 cm³/mol. The first-order valence-corrected chi connectivity index (χ1v) is 8.47. The number of rotatable bonds is 7. The maximum atomic E-state index is 6.15. The topological polar surface area (TPSA) is 27.7 Å². The second kappa shape index (κ2) is 7.23. The molecule has 0 N–H and O–H groups in total. The van der Waals surface area contributed by atoms with Crippen molar-refractivity contribution in [1.29, 1.82) is 0 Å². The van der Waals surface area contributed by atoms with Crippen molar-refractivity contribution in [3.05, 3.63) is 30.3 Å². The van der Waals surface area contributed by atoms with Crippen LogP contribution in [-0.2, 0) is 9.05 Å². The molecule has 0 fully saturated rings. The van der Waals surface area contributed by atoms with Crippen molar-refractivity contribution in [3.8, 4) is 5.75 Å². The highest BCUT2D eigenvalue weighted by Gasteiger charge is 2.52. The first-order chi connectivity index (χ1) is 8.85. The Bertz CT molecular complexity index is 353. The SMILES string of the molecule is CC(C)O[P+](Oc1ccccc1)(OC(C)C)C(C)C. The molecule has 0 atom stereocenters. The van der Waals surface area contributed by atoms with E-state index in [0.717, 1.165) is 5.75 Å². The molecule has 1 aromatic carbocycles. The van der Waals surface area contributed by atoms with E-state index in [2.05, 4.69) is 13.8 Å². The summed E-state index contributed by atoms with van der Waals surface area (Å²) in [5.41, 5.74) is 0.178. The Kier molecular flexibility index (Phi) is 6.25. The van der Waals surface area contributed by atoms with E-state index in [1.807, 2.05) is 58.0 Å². The summed E-state index contributed by atoms with van der Waals surface area (Å²) < 4.78 is 18.3. The highest BCUT2D eigenvalue weighted by atomic mass is 31.2. The van der Waals surface area contributed by atoms with E-state index in [4.69, 9.17) is 13.6 Å². The van der Waals surface area contributed by atoms with Gasteiger partial charge in [-0.3, -0.25) is 4.52 Å². The molecule has 3 nitrogen and oxygen atoms in total. The first-order valence-electron chi connectivity index (χ1n) is 6.86. The zero-order chi connectivity index (χ0) is 14.5.